The average molecular weight is 426 g/mol. The van der Waals surface area contributed by atoms with Crippen LogP contribution in [0.4, 0.5) is 11.4 Å². The van der Waals surface area contributed by atoms with Crippen molar-refractivity contribution in [2.75, 3.05) is 19.6 Å². The molecule has 1 saturated heterocycles. The number of rotatable bonds is 4. The third kappa shape index (κ3) is 4.37. The molecule has 10 nitrogen and oxygen atoms in total. The number of amides is 2. The largest absolute Gasteiger partial charge is 0.335 e. The predicted molar refractivity (Wildman–Crippen MR) is 112 cm³/mol. The van der Waals surface area contributed by atoms with Crippen molar-refractivity contribution in [2.24, 2.45) is 0 Å². The van der Waals surface area contributed by atoms with E-state index < -0.39 is 9.85 Å². The molecular formula is C21H22N4O6. The molecule has 2 aromatic carbocycles. The van der Waals surface area contributed by atoms with Crippen LogP contribution in [0.15, 0.2) is 36.4 Å². The van der Waals surface area contributed by atoms with E-state index in [-0.39, 0.29) is 29.2 Å². The first-order valence-corrected chi connectivity index (χ1v) is 9.70. The van der Waals surface area contributed by atoms with Gasteiger partial charge < -0.3 is 9.80 Å². The van der Waals surface area contributed by atoms with Gasteiger partial charge in [0.15, 0.2) is 0 Å². The molecule has 162 valence electrons. The highest BCUT2D eigenvalue weighted by atomic mass is 16.6. The molecule has 10 heteroatoms. The Morgan fingerprint density at radius 1 is 0.871 bits per heavy atom. The first-order valence-electron chi connectivity index (χ1n) is 9.70. The number of benzene rings is 2. The fourth-order valence-corrected chi connectivity index (χ4v) is 3.78. The summed E-state index contributed by atoms with van der Waals surface area (Å²) in [6.45, 7) is 5.94. The van der Waals surface area contributed by atoms with E-state index in [1.165, 1.54) is 36.4 Å². The summed E-state index contributed by atoms with van der Waals surface area (Å²) in [7, 11) is 0. The summed E-state index contributed by atoms with van der Waals surface area (Å²) in [6, 6.07) is 8.27. The van der Waals surface area contributed by atoms with Crippen molar-refractivity contribution in [3.63, 3.8) is 0 Å². The van der Waals surface area contributed by atoms with Crippen LogP contribution in [0.5, 0.6) is 0 Å². The highest BCUT2D eigenvalue weighted by molar-refractivity contribution is 5.96. The van der Waals surface area contributed by atoms with E-state index in [9.17, 15) is 29.8 Å². The number of nitro groups is 2. The Bertz CT molecular complexity index is 1080. The Hall–Kier alpha value is -3.82. The van der Waals surface area contributed by atoms with Gasteiger partial charge in [-0.1, -0.05) is 0 Å². The minimum atomic E-state index is -0.490. The molecule has 0 aromatic heterocycles. The maximum Gasteiger partial charge on any atom is 0.272 e. The molecule has 2 amide bonds. The van der Waals surface area contributed by atoms with E-state index in [1.807, 2.05) is 6.92 Å². The second-order valence-corrected chi connectivity index (χ2v) is 7.62. The van der Waals surface area contributed by atoms with Gasteiger partial charge in [-0.15, -0.1) is 0 Å². The molecule has 31 heavy (non-hydrogen) atoms. The number of hydrogen-bond acceptors (Lipinski definition) is 6. The van der Waals surface area contributed by atoms with Gasteiger partial charge in [0.25, 0.3) is 23.2 Å². The molecule has 1 heterocycles. The van der Waals surface area contributed by atoms with Crippen molar-refractivity contribution in [3.05, 3.63) is 78.9 Å². The van der Waals surface area contributed by atoms with Gasteiger partial charge in [0.2, 0.25) is 0 Å². The molecule has 2 aromatic rings. The number of carbonyl (C=O) groups excluding carboxylic acids is 2. The molecule has 0 saturated carbocycles. The number of aryl methyl sites for hydroxylation is 2. The van der Waals surface area contributed by atoms with Crippen molar-refractivity contribution in [1.82, 2.24) is 9.80 Å². The molecule has 0 unspecified atom stereocenters. The van der Waals surface area contributed by atoms with Crippen LogP contribution in [-0.4, -0.2) is 57.1 Å². The van der Waals surface area contributed by atoms with Gasteiger partial charge >= 0.3 is 0 Å². The Balaban J connectivity index is 1.72. The lowest BCUT2D eigenvalue weighted by Crippen LogP contribution is -2.55. The Kier molecular flexibility index (Phi) is 6.00. The molecule has 1 fully saturated rings. The highest BCUT2D eigenvalue weighted by Gasteiger charge is 2.31. The van der Waals surface area contributed by atoms with Crippen LogP contribution in [0.2, 0.25) is 0 Å². The normalized spacial score (nSPS) is 16.2. The molecule has 1 aliphatic heterocycles. The van der Waals surface area contributed by atoms with Crippen molar-refractivity contribution in [1.29, 1.82) is 0 Å². The van der Waals surface area contributed by atoms with Gasteiger partial charge in [-0.05, 0) is 45.0 Å². The number of carbonyl (C=O) groups is 2. The fourth-order valence-electron chi connectivity index (χ4n) is 3.78. The molecule has 0 radical (unpaired) electrons. The summed E-state index contributed by atoms with van der Waals surface area (Å²) in [5.41, 5.74) is 1.45. The quantitative estimate of drug-likeness (QED) is 0.546. The first kappa shape index (κ1) is 21.9. The van der Waals surface area contributed by atoms with Gasteiger partial charge in [-0.3, -0.25) is 29.8 Å². The van der Waals surface area contributed by atoms with E-state index >= 15 is 0 Å². The van der Waals surface area contributed by atoms with Crippen molar-refractivity contribution < 1.29 is 19.4 Å². The zero-order valence-corrected chi connectivity index (χ0v) is 17.4. The summed E-state index contributed by atoms with van der Waals surface area (Å²) < 4.78 is 0. The number of nitro benzene ring substituents is 2. The zero-order valence-electron chi connectivity index (χ0n) is 17.4. The third-order valence-corrected chi connectivity index (χ3v) is 5.46. The van der Waals surface area contributed by atoms with Gasteiger partial charge in [-0.25, -0.2) is 0 Å². The Labute approximate surface area is 178 Å². The maximum absolute atomic E-state index is 12.9. The van der Waals surface area contributed by atoms with Gasteiger partial charge in [0.1, 0.15) is 0 Å². The van der Waals surface area contributed by atoms with Crippen LogP contribution in [0.25, 0.3) is 0 Å². The topological polar surface area (TPSA) is 127 Å². The van der Waals surface area contributed by atoms with Crippen molar-refractivity contribution in [3.8, 4) is 0 Å². The van der Waals surface area contributed by atoms with Crippen LogP contribution in [0, 0.1) is 34.1 Å². The molecule has 0 spiro atoms. The number of hydrogen-bond donors (Lipinski definition) is 0. The van der Waals surface area contributed by atoms with Crippen molar-refractivity contribution in [2.45, 2.75) is 26.8 Å². The molecule has 0 aliphatic carbocycles. The lowest BCUT2D eigenvalue weighted by Gasteiger charge is -2.40. The first-order chi connectivity index (χ1) is 14.6. The summed E-state index contributed by atoms with van der Waals surface area (Å²) >= 11 is 0. The number of piperazine rings is 1. The highest BCUT2D eigenvalue weighted by Crippen LogP contribution is 2.23. The van der Waals surface area contributed by atoms with E-state index in [2.05, 4.69) is 0 Å². The average Bonchev–Trinajstić information content (AvgIpc) is 2.71. The second-order valence-electron chi connectivity index (χ2n) is 7.62. The van der Waals surface area contributed by atoms with Crippen LogP contribution in [0.3, 0.4) is 0 Å². The zero-order chi connectivity index (χ0) is 22.9. The van der Waals surface area contributed by atoms with Gasteiger partial charge in [-0.2, -0.15) is 0 Å². The lowest BCUT2D eigenvalue weighted by atomic mass is 10.1. The van der Waals surface area contributed by atoms with Crippen LogP contribution in [0.1, 0.15) is 38.8 Å². The van der Waals surface area contributed by atoms with Crippen LogP contribution in [-0.2, 0) is 0 Å². The molecule has 3 rings (SSSR count). The predicted octanol–water partition coefficient (Wildman–Crippen LogP) is 3.11. The molecular weight excluding hydrogens is 404 g/mol. The van der Waals surface area contributed by atoms with E-state index in [0.29, 0.717) is 41.9 Å². The SMILES string of the molecule is Cc1cc(C(=O)N2CCN(C(=O)c3ccc([N+](=O)[O-])c(C)c3)[C@@H](C)C2)ccc1[N+](=O)[O-]. The van der Waals surface area contributed by atoms with E-state index in [4.69, 9.17) is 0 Å². The third-order valence-electron chi connectivity index (χ3n) is 5.46. The summed E-state index contributed by atoms with van der Waals surface area (Å²) in [5.74, 6) is -0.494. The molecule has 1 atom stereocenters. The standard InChI is InChI=1S/C21H22N4O6/c1-13-10-16(4-6-18(13)24(28)29)20(26)22-8-9-23(15(3)12-22)21(27)17-5-7-19(25(30)31)14(2)11-17/h4-7,10-11,15H,8-9,12H2,1-3H3/t15-/m0/s1. The van der Waals surface area contributed by atoms with Gasteiger partial charge in [0.05, 0.1) is 9.85 Å². The van der Waals surface area contributed by atoms with Crippen molar-refractivity contribution >= 4 is 23.2 Å². The minimum absolute atomic E-state index is 0.0428. The Morgan fingerprint density at radius 3 is 1.77 bits per heavy atom. The van der Waals surface area contributed by atoms with Gasteiger partial charge in [0, 0.05) is 60.1 Å². The molecule has 0 bridgehead atoms. The molecule has 0 N–H and O–H groups in total. The Morgan fingerprint density at radius 2 is 1.35 bits per heavy atom. The fraction of sp³-hybridized carbons (Fsp3) is 0.333. The van der Waals surface area contributed by atoms with E-state index in [0.717, 1.165) is 0 Å². The maximum atomic E-state index is 12.9. The minimum Gasteiger partial charge on any atom is -0.335 e. The van der Waals surface area contributed by atoms with Crippen LogP contribution < -0.4 is 0 Å². The second kappa shape index (κ2) is 8.50. The smallest absolute Gasteiger partial charge is 0.272 e. The lowest BCUT2D eigenvalue weighted by molar-refractivity contribution is -0.385. The summed E-state index contributed by atoms with van der Waals surface area (Å²) in [5, 5.41) is 22.0. The summed E-state index contributed by atoms with van der Waals surface area (Å²) in [6.07, 6.45) is 0. The van der Waals surface area contributed by atoms with E-state index in [1.54, 1.807) is 23.6 Å². The molecule has 1 aliphatic rings. The monoisotopic (exact) mass is 426 g/mol. The van der Waals surface area contributed by atoms with Crippen LogP contribution >= 0.6 is 0 Å². The summed E-state index contributed by atoms with van der Waals surface area (Å²) in [4.78, 5) is 50.0. The number of nitrogens with zero attached hydrogens (tertiary/aromatic N) is 4.